The fourth-order valence-corrected chi connectivity index (χ4v) is 5.11. The van der Waals surface area contributed by atoms with Crippen LogP contribution in [0.4, 0.5) is 11.5 Å². The van der Waals surface area contributed by atoms with Crippen molar-refractivity contribution >= 4 is 33.3 Å². The van der Waals surface area contributed by atoms with Crippen molar-refractivity contribution in [3.63, 3.8) is 0 Å². The normalized spacial score (nSPS) is 11.2. The predicted molar refractivity (Wildman–Crippen MR) is 143 cm³/mol. The van der Waals surface area contributed by atoms with Crippen LogP contribution in [0.25, 0.3) is 0 Å². The van der Waals surface area contributed by atoms with Gasteiger partial charge in [0.25, 0.3) is 0 Å². The highest BCUT2D eigenvalue weighted by molar-refractivity contribution is 7.98. The Morgan fingerprint density at radius 1 is 0.971 bits per heavy atom. The molecule has 0 spiro atoms. The Bertz CT molecular complexity index is 1200. The topological polar surface area (TPSA) is 104 Å². The molecule has 0 fully saturated rings. The van der Waals surface area contributed by atoms with E-state index in [-0.39, 0.29) is 0 Å². The van der Waals surface area contributed by atoms with Crippen LogP contribution < -0.4 is 9.21 Å². The van der Waals surface area contributed by atoms with E-state index in [4.69, 9.17) is 4.98 Å². The Morgan fingerprint density at radius 2 is 1.57 bits per heavy atom. The predicted octanol–water partition coefficient (Wildman–Crippen LogP) is 3.85. The molecular formula is C25H34N6O2S2. The largest absolute Gasteiger partial charge is 0.357 e. The number of hydrogen-bond donors (Lipinski definition) is 0. The lowest BCUT2D eigenvalue weighted by atomic mass is 10.0. The van der Waals surface area contributed by atoms with E-state index in [1.807, 2.05) is 31.0 Å². The third kappa shape index (κ3) is 7.11. The summed E-state index contributed by atoms with van der Waals surface area (Å²) in [4.78, 5) is 9.09. The number of aromatic nitrogens is 1. The highest BCUT2D eigenvalue weighted by atomic mass is 32.2. The highest BCUT2D eigenvalue weighted by Gasteiger charge is 2.22. The average Bonchev–Trinajstić information content (AvgIpc) is 2.85. The van der Waals surface area contributed by atoms with Gasteiger partial charge in [-0.05, 0) is 42.8 Å². The molecule has 10 heteroatoms. The van der Waals surface area contributed by atoms with Gasteiger partial charge in [-0.3, -0.25) is 4.31 Å². The summed E-state index contributed by atoms with van der Waals surface area (Å²) >= 11 is 1.45. The second-order valence-electron chi connectivity index (χ2n) is 8.18. The van der Waals surface area contributed by atoms with Crippen LogP contribution in [0.1, 0.15) is 43.0 Å². The summed E-state index contributed by atoms with van der Waals surface area (Å²) in [5.41, 5.74) is 3.19. The zero-order chi connectivity index (χ0) is 26.2. The summed E-state index contributed by atoms with van der Waals surface area (Å²) < 4.78 is 24.8. The first kappa shape index (κ1) is 28.4. The average molecular weight is 515 g/mol. The van der Waals surface area contributed by atoms with Gasteiger partial charge in [-0.25, -0.2) is 13.4 Å². The van der Waals surface area contributed by atoms with E-state index in [0.717, 1.165) is 37.3 Å². The number of anilines is 2. The lowest BCUT2D eigenvalue weighted by molar-refractivity contribution is 0.311. The van der Waals surface area contributed by atoms with Crippen molar-refractivity contribution in [2.45, 2.75) is 38.0 Å². The summed E-state index contributed by atoms with van der Waals surface area (Å²) in [6.45, 7) is 9.68. The second kappa shape index (κ2) is 12.8. The molecule has 1 aromatic heterocycles. The molecule has 1 heterocycles. The molecule has 0 bridgehead atoms. The summed E-state index contributed by atoms with van der Waals surface area (Å²) in [5, 5.41) is 20.4. The van der Waals surface area contributed by atoms with E-state index in [1.165, 1.54) is 29.4 Å². The number of hydrogen-bond acceptors (Lipinski definition) is 8. The van der Waals surface area contributed by atoms with Crippen LogP contribution in [-0.2, 0) is 22.2 Å². The standard InChI is InChI=1S/C25H34N6O2S2/c1-7-21-22(16-26)24(29(4)14-15-31(8-2)9-3)28-25(23(21)17-27)34-18-19-10-12-20(13-11-19)30(5)35(6,32)33/h10-13H,7-9,14-15,18H2,1-6H3. The van der Waals surface area contributed by atoms with Gasteiger partial charge in [-0.15, -0.1) is 11.8 Å². The number of rotatable bonds is 12. The van der Waals surface area contributed by atoms with E-state index < -0.39 is 10.0 Å². The minimum Gasteiger partial charge on any atom is -0.357 e. The fourth-order valence-electron chi connectivity index (χ4n) is 3.65. The first-order chi connectivity index (χ1) is 16.6. The van der Waals surface area contributed by atoms with E-state index in [1.54, 1.807) is 12.1 Å². The van der Waals surface area contributed by atoms with Crippen LogP contribution in [0.5, 0.6) is 0 Å². The van der Waals surface area contributed by atoms with Gasteiger partial charge in [0.15, 0.2) is 0 Å². The number of sulfonamides is 1. The maximum absolute atomic E-state index is 11.8. The smallest absolute Gasteiger partial charge is 0.231 e. The van der Waals surface area contributed by atoms with Crippen molar-refractivity contribution in [3.8, 4) is 12.1 Å². The summed E-state index contributed by atoms with van der Waals surface area (Å²) in [7, 11) is 0.125. The number of thioether (sulfide) groups is 1. The number of nitrogens with zero attached hydrogens (tertiary/aromatic N) is 6. The van der Waals surface area contributed by atoms with Gasteiger partial charge in [-0.1, -0.05) is 32.9 Å². The zero-order valence-corrected chi connectivity index (χ0v) is 23.0. The van der Waals surface area contributed by atoms with Crippen LogP contribution >= 0.6 is 11.8 Å². The molecule has 0 unspecified atom stereocenters. The Labute approximate surface area is 214 Å². The van der Waals surface area contributed by atoms with E-state index in [2.05, 4.69) is 30.9 Å². The lowest BCUT2D eigenvalue weighted by Gasteiger charge is -2.26. The Hall–Kier alpha value is -2.79. The maximum Gasteiger partial charge on any atom is 0.231 e. The van der Waals surface area contributed by atoms with Gasteiger partial charge in [-0.2, -0.15) is 10.5 Å². The Balaban J connectivity index is 2.35. The molecule has 35 heavy (non-hydrogen) atoms. The Kier molecular flexibility index (Phi) is 10.4. The highest BCUT2D eigenvalue weighted by Crippen LogP contribution is 2.33. The van der Waals surface area contributed by atoms with Crippen molar-refractivity contribution < 1.29 is 8.42 Å². The van der Waals surface area contributed by atoms with E-state index >= 15 is 0 Å². The van der Waals surface area contributed by atoms with Crippen molar-refractivity contribution in [2.24, 2.45) is 0 Å². The molecule has 0 saturated carbocycles. The molecule has 0 N–H and O–H groups in total. The quantitative estimate of drug-likeness (QED) is 0.393. The van der Waals surface area contributed by atoms with E-state index in [0.29, 0.717) is 39.8 Å². The van der Waals surface area contributed by atoms with Crippen LogP contribution in [0, 0.1) is 22.7 Å². The first-order valence-corrected chi connectivity index (χ1v) is 14.4. The molecule has 0 aliphatic rings. The summed E-state index contributed by atoms with van der Waals surface area (Å²) in [5.74, 6) is 1.16. The van der Waals surface area contributed by atoms with Gasteiger partial charge in [0, 0.05) is 32.9 Å². The van der Waals surface area contributed by atoms with Crippen molar-refractivity contribution in [3.05, 3.63) is 46.5 Å². The van der Waals surface area contributed by atoms with Gasteiger partial charge < -0.3 is 9.80 Å². The number of benzene rings is 1. The third-order valence-electron chi connectivity index (χ3n) is 6.01. The molecule has 0 saturated heterocycles. The van der Waals surface area contributed by atoms with Gasteiger partial charge in [0.05, 0.1) is 23.1 Å². The number of pyridine rings is 1. The Morgan fingerprint density at radius 3 is 2.06 bits per heavy atom. The number of nitriles is 2. The van der Waals surface area contributed by atoms with Crippen LogP contribution in [0.15, 0.2) is 29.3 Å². The molecule has 8 nitrogen and oxygen atoms in total. The maximum atomic E-state index is 11.8. The van der Waals surface area contributed by atoms with Gasteiger partial charge in [0.2, 0.25) is 10.0 Å². The molecule has 0 amide bonds. The first-order valence-electron chi connectivity index (χ1n) is 11.6. The van der Waals surface area contributed by atoms with Gasteiger partial charge in [0.1, 0.15) is 23.0 Å². The molecule has 188 valence electrons. The fraction of sp³-hybridized carbons (Fsp3) is 0.480. The molecule has 0 aliphatic carbocycles. The van der Waals surface area contributed by atoms with Crippen LogP contribution in [0.2, 0.25) is 0 Å². The zero-order valence-electron chi connectivity index (χ0n) is 21.4. The minimum atomic E-state index is -3.33. The minimum absolute atomic E-state index is 0.448. The molecule has 0 atom stereocenters. The summed E-state index contributed by atoms with van der Waals surface area (Å²) in [6.07, 6.45) is 1.73. The summed E-state index contributed by atoms with van der Waals surface area (Å²) in [6, 6.07) is 11.8. The van der Waals surface area contributed by atoms with Gasteiger partial charge >= 0.3 is 0 Å². The third-order valence-corrected chi connectivity index (χ3v) is 8.26. The lowest BCUT2D eigenvalue weighted by Crippen LogP contribution is -2.34. The molecule has 0 aliphatic heterocycles. The molecule has 2 aromatic rings. The molecule has 2 rings (SSSR count). The monoisotopic (exact) mass is 514 g/mol. The van der Waals surface area contributed by atoms with Crippen molar-refractivity contribution in [1.82, 2.24) is 9.88 Å². The van der Waals surface area contributed by atoms with Crippen molar-refractivity contribution in [2.75, 3.05) is 55.7 Å². The molecular weight excluding hydrogens is 480 g/mol. The SMILES string of the molecule is CCc1c(C#N)c(SCc2ccc(N(C)S(C)(=O)=O)cc2)nc(N(C)CCN(CC)CC)c1C#N. The molecule has 0 radical (unpaired) electrons. The molecule has 1 aromatic carbocycles. The van der Waals surface area contributed by atoms with Crippen LogP contribution in [-0.4, -0.2) is 64.8 Å². The van der Waals surface area contributed by atoms with E-state index in [9.17, 15) is 18.9 Å². The number of likely N-dealkylation sites (N-methyl/N-ethyl adjacent to an activating group) is 2. The van der Waals surface area contributed by atoms with Crippen LogP contribution in [0.3, 0.4) is 0 Å². The van der Waals surface area contributed by atoms with Crippen molar-refractivity contribution in [1.29, 1.82) is 10.5 Å². The second-order valence-corrected chi connectivity index (χ2v) is 11.2.